The Morgan fingerprint density at radius 1 is 1.12 bits per heavy atom. The molecule has 0 saturated carbocycles. The van der Waals surface area contributed by atoms with Gasteiger partial charge in [-0.2, -0.15) is 0 Å². The smallest absolute Gasteiger partial charge is 0.264 e. The van der Waals surface area contributed by atoms with Gasteiger partial charge in [0, 0.05) is 45.7 Å². The molecule has 3 aliphatic heterocycles. The molecule has 5 heterocycles. The number of amides is 1. The van der Waals surface area contributed by atoms with Gasteiger partial charge in [-0.05, 0) is 36.6 Å². The first-order chi connectivity index (χ1) is 15.6. The fraction of sp³-hybridized carbons (Fsp3) is 0.435. The van der Waals surface area contributed by atoms with E-state index in [0.717, 1.165) is 61.9 Å². The van der Waals surface area contributed by atoms with Crippen molar-refractivity contribution in [2.75, 3.05) is 33.0 Å². The van der Waals surface area contributed by atoms with Gasteiger partial charge < -0.3 is 14.4 Å². The molecule has 0 N–H and O–H groups in total. The van der Waals surface area contributed by atoms with Crippen LogP contribution in [0.25, 0.3) is 10.2 Å². The molecule has 0 atom stereocenters. The van der Waals surface area contributed by atoms with Gasteiger partial charge in [-0.15, -0.1) is 11.3 Å². The zero-order valence-corrected chi connectivity index (χ0v) is 18.7. The van der Waals surface area contributed by atoms with Crippen molar-refractivity contribution in [3.05, 3.63) is 50.4 Å². The lowest BCUT2D eigenvalue weighted by Gasteiger charge is -2.34. The van der Waals surface area contributed by atoms with E-state index in [4.69, 9.17) is 14.5 Å². The van der Waals surface area contributed by atoms with Crippen molar-refractivity contribution in [2.45, 2.75) is 32.9 Å². The summed E-state index contributed by atoms with van der Waals surface area (Å²) in [5.41, 5.74) is 1.95. The maximum Gasteiger partial charge on any atom is 0.264 e. The number of carbonyl (C=O) groups excluding carboxylic acids is 1. The lowest BCUT2D eigenvalue weighted by molar-refractivity contribution is 0.0632. The van der Waals surface area contributed by atoms with E-state index in [1.54, 1.807) is 4.57 Å². The fourth-order valence-electron chi connectivity index (χ4n) is 4.83. The van der Waals surface area contributed by atoms with Crippen molar-refractivity contribution in [2.24, 2.45) is 0 Å². The van der Waals surface area contributed by atoms with Gasteiger partial charge >= 0.3 is 0 Å². The highest BCUT2D eigenvalue weighted by Gasteiger charge is 2.28. The molecule has 1 aromatic carbocycles. The van der Waals surface area contributed by atoms with Gasteiger partial charge in [-0.25, -0.2) is 4.98 Å². The zero-order chi connectivity index (χ0) is 21.8. The number of aromatic nitrogens is 2. The van der Waals surface area contributed by atoms with Gasteiger partial charge in [-0.3, -0.25) is 19.1 Å². The number of thiophene rings is 1. The van der Waals surface area contributed by atoms with E-state index in [0.29, 0.717) is 28.2 Å². The van der Waals surface area contributed by atoms with Crippen LogP contribution < -0.4 is 15.0 Å². The van der Waals surface area contributed by atoms with Gasteiger partial charge in [-0.1, -0.05) is 6.07 Å². The molecule has 0 radical (unpaired) electrons. The Bertz CT molecular complexity index is 1290. The minimum Gasteiger partial charge on any atom is -0.454 e. The minimum atomic E-state index is 0.00356. The molecular formula is C23H24N4O4S. The number of rotatable bonds is 3. The molecule has 0 unspecified atom stereocenters. The quantitative estimate of drug-likeness (QED) is 0.608. The molecule has 8 nitrogen and oxygen atoms in total. The third-order valence-electron chi connectivity index (χ3n) is 6.61. The number of piperazine rings is 1. The largest absolute Gasteiger partial charge is 0.454 e. The maximum absolute atomic E-state index is 13.3. The van der Waals surface area contributed by atoms with E-state index in [1.165, 1.54) is 16.9 Å². The van der Waals surface area contributed by atoms with Crippen LogP contribution in [0.1, 0.15) is 33.0 Å². The molecular weight excluding hydrogens is 428 g/mol. The number of ether oxygens (including phenoxy) is 2. The summed E-state index contributed by atoms with van der Waals surface area (Å²) in [6.07, 6.45) is 1.79. The van der Waals surface area contributed by atoms with E-state index in [1.807, 2.05) is 24.0 Å². The molecule has 9 heteroatoms. The summed E-state index contributed by atoms with van der Waals surface area (Å²) < 4.78 is 12.6. The van der Waals surface area contributed by atoms with Gasteiger partial charge in [0.05, 0.1) is 10.3 Å². The first-order valence-corrected chi connectivity index (χ1v) is 11.8. The number of fused-ring (bicyclic) bond motifs is 3. The van der Waals surface area contributed by atoms with Crippen molar-refractivity contribution < 1.29 is 14.3 Å². The summed E-state index contributed by atoms with van der Waals surface area (Å²) >= 11 is 1.37. The van der Waals surface area contributed by atoms with E-state index in [-0.39, 0.29) is 18.3 Å². The summed E-state index contributed by atoms with van der Waals surface area (Å²) in [5, 5.41) is 0.616. The minimum absolute atomic E-state index is 0.00356. The molecule has 0 aliphatic carbocycles. The highest BCUT2D eigenvalue weighted by molar-refractivity contribution is 7.20. The third kappa shape index (κ3) is 3.18. The Morgan fingerprint density at radius 3 is 2.78 bits per heavy atom. The van der Waals surface area contributed by atoms with Crippen molar-refractivity contribution >= 4 is 27.5 Å². The Labute approximate surface area is 189 Å². The molecule has 2 aromatic heterocycles. The number of hydrogen-bond donors (Lipinski definition) is 0. The van der Waals surface area contributed by atoms with Crippen LogP contribution in [-0.2, 0) is 19.5 Å². The lowest BCUT2D eigenvalue weighted by atomic mass is 10.1. The van der Waals surface area contributed by atoms with Gasteiger partial charge in [0.25, 0.3) is 11.5 Å². The molecule has 3 aliphatic rings. The average molecular weight is 453 g/mol. The zero-order valence-electron chi connectivity index (χ0n) is 17.9. The lowest BCUT2D eigenvalue weighted by Crippen LogP contribution is -2.48. The highest BCUT2D eigenvalue weighted by atomic mass is 32.1. The first kappa shape index (κ1) is 19.8. The van der Waals surface area contributed by atoms with Gasteiger partial charge in [0.1, 0.15) is 10.7 Å². The standard InChI is InChI=1S/C23H24N4O4S/c1-14-19-21(24-18-3-2-6-27(18)22(19)28)32-20(14)23(29)26-9-7-25(8-10-26)12-15-4-5-16-17(11-15)31-13-30-16/h4-5,11H,2-3,6-10,12-13H2,1H3. The van der Waals surface area contributed by atoms with Crippen LogP contribution >= 0.6 is 11.3 Å². The van der Waals surface area contributed by atoms with Crippen molar-refractivity contribution in [3.63, 3.8) is 0 Å². The van der Waals surface area contributed by atoms with Crippen LogP contribution in [0.2, 0.25) is 0 Å². The average Bonchev–Trinajstić information content (AvgIpc) is 3.53. The van der Waals surface area contributed by atoms with Gasteiger partial charge in [0.15, 0.2) is 11.5 Å². The molecule has 3 aromatic rings. The highest BCUT2D eigenvalue weighted by Crippen LogP contribution is 2.33. The molecule has 6 rings (SSSR count). The predicted octanol–water partition coefficient (Wildman–Crippen LogP) is 2.40. The van der Waals surface area contributed by atoms with E-state index < -0.39 is 0 Å². The third-order valence-corrected chi connectivity index (χ3v) is 7.78. The first-order valence-electron chi connectivity index (χ1n) is 11.0. The van der Waals surface area contributed by atoms with Crippen LogP contribution in [-0.4, -0.2) is 58.2 Å². The summed E-state index contributed by atoms with van der Waals surface area (Å²) in [6.45, 7) is 6.64. The summed E-state index contributed by atoms with van der Waals surface area (Å²) in [4.78, 5) is 36.5. The molecule has 0 bridgehead atoms. The van der Waals surface area contributed by atoms with E-state index in [9.17, 15) is 9.59 Å². The van der Waals surface area contributed by atoms with Crippen LogP contribution in [0.15, 0.2) is 23.0 Å². The van der Waals surface area contributed by atoms with Crippen LogP contribution in [0, 0.1) is 6.92 Å². The topological polar surface area (TPSA) is 76.9 Å². The van der Waals surface area contributed by atoms with Crippen LogP contribution in [0.5, 0.6) is 11.5 Å². The Hall–Kier alpha value is -2.91. The monoisotopic (exact) mass is 452 g/mol. The fourth-order valence-corrected chi connectivity index (χ4v) is 5.99. The normalized spacial score (nSPS) is 17.8. The van der Waals surface area contributed by atoms with Crippen molar-refractivity contribution in [1.29, 1.82) is 0 Å². The second-order valence-electron chi connectivity index (χ2n) is 8.58. The second-order valence-corrected chi connectivity index (χ2v) is 9.58. The molecule has 0 spiro atoms. The number of benzene rings is 1. The number of aryl methyl sites for hydroxylation is 2. The number of carbonyl (C=O) groups is 1. The Kier molecular flexibility index (Phi) is 4.69. The van der Waals surface area contributed by atoms with Crippen LogP contribution in [0.3, 0.4) is 0 Å². The SMILES string of the molecule is Cc1c(C(=O)N2CCN(Cc3ccc4c(c3)OCO4)CC2)sc2nc3n(c(=O)c12)CCC3. The Morgan fingerprint density at radius 2 is 1.94 bits per heavy atom. The molecule has 32 heavy (non-hydrogen) atoms. The maximum atomic E-state index is 13.3. The van der Waals surface area contributed by atoms with Crippen LogP contribution in [0.4, 0.5) is 0 Å². The molecule has 1 fully saturated rings. The predicted molar refractivity (Wildman–Crippen MR) is 121 cm³/mol. The number of nitrogens with zero attached hydrogens (tertiary/aromatic N) is 4. The van der Waals surface area contributed by atoms with E-state index >= 15 is 0 Å². The summed E-state index contributed by atoms with van der Waals surface area (Å²) in [6, 6.07) is 6.05. The van der Waals surface area contributed by atoms with Crippen molar-refractivity contribution in [3.8, 4) is 11.5 Å². The second kappa shape index (κ2) is 7.60. The summed E-state index contributed by atoms with van der Waals surface area (Å²) in [7, 11) is 0. The molecule has 1 amide bonds. The Balaban J connectivity index is 1.16. The molecule has 166 valence electrons. The van der Waals surface area contributed by atoms with Gasteiger partial charge in [0.2, 0.25) is 6.79 Å². The number of hydrogen-bond acceptors (Lipinski definition) is 7. The molecule has 1 saturated heterocycles. The van der Waals surface area contributed by atoms with Crippen molar-refractivity contribution in [1.82, 2.24) is 19.4 Å². The van der Waals surface area contributed by atoms with E-state index in [2.05, 4.69) is 11.0 Å². The summed E-state index contributed by atoms with van der Waals surface area (Å²) in [5.74, 6) is 2.45.